The van der Waals surface area contributed by atoms with E-state index in [4.69, 9.17) is 4.65 Å². The molecule has 0 radical (unpaired) electrons. The van der Waals surface area contributed by atoms with Crippen LogP contribution in [0, 0.1) is 0 Å². The van der Waals surface area contributed by atoms with Crippen LogP contribution in [0.1, 0.15) is 18.1 Å². The van der Waals surface area contributed by atoms with Gasteiger partial charge in [-0.15, -0.1) is 0 Å². The molecule has 0 aliphatic carbocycles. The number of likely N-dealkylation sites (N-methyl/N-ethyl adjacent to an activating group) is 1. The first-order valence-electron chi connectivity index (χ1n) is 8.34. The Morgan fingerprint density at radius 1 is 1.26 bits per heavy atom. The highest BCUT2D eigenvalue weighted by molar-refractivity contribution is 7.92. The number of phenols is 1. The maximum Gasteiger partial charge on any atom is 0.491 e. The molecule has 0 fully saturated rings. The molecule has 1 aliphatic heterocycles. The number of benzene rings is 2. The summed E-state index contributed by atoms with van der Waals surface area (Å²) in [5.74, 6) is -0.471. The van der Waals surface area contributed by atoms with E-state index in [1.54, 1.807) is 19.1 Å². The van der Waals surface area contributed by atoms with Gasteiger partial charge in [0, 0.05) is 17.8 Å². The standard InChI is InChI=1S/C17H19BN2O6S/c1-2-19-17(22)8-12-7-14(5-6-16(12)21)27(24,25)20-13-4-3-11-10-26-18(23)15(11)9-13/h3-7,9,20-21,23H,2,8,10H2,1H3,(H,19,22). The molecule has 142 valence electrons. The molecular formula is C17H19BN2O6S. The van der Waals surface area contributed by atoms with Crippen molar-refractivity contribution in [1.82, 2.24) is 5.32 Å². The molecule has 0 unspecified atom stereocenters. The number of amides is 1. The lowest BCUT2D eigenvalue weighted by molar-refractivity contribution is -0.120. The van der Waals surface area contributed by atoms with Crippen LogP contribution in [0.3, 0.4) is 0 Å². The molecule has 1 aliphatic rings. The predicted molar refractivity (Wildman–Crippen MR) is 100 cm³/mol. The second-order valence-corrected chi connectivity index (χ2v) is 7.79. The molecule has 0 atom stereocenters. The summed E-state index contributed by atoms with van der Waals surface area (Å²) in [6.07, 6.45) is -0.134. The van der Waals surface area contributed by atoms with Gasteiger partial charge in [0.05, 0.1) is 17.9 Å². The van der Waals surface area contributed by atoms with Crippen molar-refractivity contribution in [2.45, 2.75) is 24.8 Å². The van der Waals surface area contributed by atoms with Crippen molar-refractivity contribution in [3.05, 3.63) is 47.5 Å². The molecule has 2 aromatic carbocycles. The monoisotopic (exact) mass is 390 g/mol. The topological polar surface area (TPSA) is 125 Å². The number of carbonyl (C=O) groups is 1. The van der Waals surface area contributed by atoms with Crippen LogP contribution < -0.4 is 15.5 Å². The molecule has 1 amide bonds. The minimum atomic E-state index is -3.95. The largest absolute Gasteiger partial charge is 0.508 e. The molecule has 0 saturated carbocycles. The number of anilines is 1. The molecule has 8 nitrogen and oxygen atoms in total. The molecule has 27 heavy (non-hydrogen) atoms. The second-order valence-electron chi connectivity index (χ2n) is 6.10. The maximum atomic E-state index is 12.7. The third kappa shape index (κ3) is 4.24. The Morgan fingerprint density at radius 3 is 2.78 bits per heavy atom. The van der Waals surface area contributed by atoms with Crippen molar-refractivity contribution >= 4 is 34.2 Å². The molecule has 0 spiro atoms. The Bertz CT molecular complexity index is 979. The van der Waals surface area contributed by atoms with E-state index in [-0.39, 0.29) is 40.8 Å². The summed E-state index contributed by atoms with van der Waals surface area (Å²) in [5.41, 5.74) is 1.79. The van der Waals surface area contributed by atoms with E-state index in [2.05, 4.69) is 10.0 Å². The van der Waals surface area contributed by atoms with Crippen LogP contribution in [0.2, 0.25) is 0 Å². The minimum Gasteiger partial charge on any atom is -0.508 e. The number of rotatable bonds is 6. The molecule has 10 heteroatoms. The lowest BCUT2D eigenvalue weighted by Crippen LogP contribution is -2.28. The van der Waals surface area contributed by atoms with Gasteiger partial charge in [0.1, 0.15) is 5.75 Å². The zero-order valence-corrected chi connectivity index (χ0v) is 15.4. The molecule has 4 N–H and O–H groups in total. The normalized spacial score (nSPS) is 13.3. The first kappa shape index (κ1) is 19.2. The zero-order chi connectivity index (χ0) is 19.6. The molecule has 2 aromatic rings. The van der Waals surface area contributed by atoms with E-state index >= 15 is 0 Å². The van der Waals surface area contributed by atoms with Crippen molar-refractivity contribution in [3.63, 3.8) is 0 Å². The van der Waals surface area contributed by atoms with Gasteiger partial charge in [0.25, 0.3) is 10.0 Å². The van der Waals surface area contributed by atoms with Crippen LogP contribution in [0.25, 0.3) is 0 Å². The van der Waals surface area contributed by atoms with Crippen LogP contribution in [-0.2, 0) is 32.5 Å². The number of phenolic OH excluding ortho intramolecular Hbond substituents is 1. The summed E-state index contributed by atoms with van der Waals surface area (Å²) in [6, 6.07) is 8.53. The van der Waals surface area contributed by atoms with E-state index in [1.807, 2.05) is 0 Å². The van der Waals surface area contributed by atoms with Gasteiger partial charge in [-0.2, -0.15) is 0 Å². The van der Waals surface area contributed by atoms with Crippen molar-refractivity contribution in [3.8, 4) is 5.75 Å². The van der Waals surface area contributed by atoms with Crippen LogP contribution in [0.15, 0.2) is 41.3 Å². The SMILES string of the molecule is CCNC(=O)Cc1cc(S(=O)(=O)Nc2ccc3c(c2)B(O)OC3)ccc1O. The fourth-order valence-electron chi connectivity index (χ4n) is 2.80. The molecule has 0 saturated heterocycles. The highest BCUT2D eigenvalue weighted by atomic mass is 32.2. The molecule has 0 aromatic heterocycles. The van der Waals surface area contributed by atoms with Crippen molar-refractivity contribution in [2.24, 2.45) is 0 Å². The van der Waals surface area contributed by atoms with E-state index in [9.17, 15) is 23.3 Å². The average Bonchev–Trinajstić information content (AvgIpc) is 2.97. The van der Waals surface area contributed by atoms with Gasteiger partial charge in [-0.1, -0.05) is 6.07 Å². The summed E-state index contributed by atoms with van der Waals surface area (Å²) in [4.78, 5) is 11.6. The zero-order valence-electron chi connectivity index (χ0n) is 14.6. The lowest BCUT2D eigenvalue weighted by atomic mass is 9.79. The number of sulfonamides is 1. The van der Waals surface area contributed by atoms with Gasteiger partial charge in [-0.05, 0) is 48.3 Å². The van der Waals surface area contributed by atoms with E-state index < -0.39 is 17.1 Å². The molecule has 1 heterocycles. The van der Waals surface area contributed by atoms with Gasteiger partial charge >= 0.3 is 7.12 Å². The van der Waals surface area contributed by atoms with Crippen LogP contribution in [-0.4, -0.2) is 38.1 Å². The fraction of sp³-hybridized carbons (Fsp3) is 0.235. The van der Waals surface area contributed by atoms with Crippen molar-refractivity contribution in [1.29, 1.82) is 0 Å². The number of nitrogens with one attached hydrogen (secondary N) is 2. The molecule has 3 rings (SSSR count). The number of fused-ring (bicyclic) bond motifs is 1. The number of hydrogen-bond acceptors (Lipinski definition) is 6. The van der Waals surface area contributed by atoms with Gasteiger partial charge < -0.3 is 20.1 Å². The smallest absolute Gasteiger partial charge is 0.491 e. The Morgan fingerprint density at radius 2 is 2.04 bits per heavy atom. The van der Waals surface area contributed by atoms with Gasteiger partial charge in [0.2, 0.25) is 5.91 Å². The van der Waals surface area contributed by atoms with Gasteiger partial charge in [-0.3, -0.25) is 9.52 Å². The third-order valence-corrected chi connectivity index (χ3v) is 5.53. The van der Waals surface area contributed by atoms with E-state index in [1.165, 1.54) is 24.3 Å². The number of aromatic hydroxyl groups is 1. The Hall–Kier alpha value is -2.56. The van der Waals surface area contributed by atoms with Gasteiger partial charge in [0.15, 0.2) is 0 Å². The van der Waals surface area contributed by atoms with Crippen LogP contribution >= 0.6 is 0 Å². The average molecular weight is 390 g/mol. The molecule has 0 bridgehead atoms. The number of hydrogen-bond donors (Lipinski definition) is 4. The highest BCUT2D eigenvalue weighted by Crippen LogP contribution is 2.24. The van der Waals surface area contributed by atoms with Gasteiger partial charge in [-0.25, -0.2) is 8.42 Å². The van der Waals surface area contributed by atoms with Crippen molar-refractivity contribution in [2.75, 3.05) is 11.3 Å². The Balaban J connectivity index is 1.85. The first-order chi connectivity index (χ1) is 12.8. The van der Waals surface area contributed by atoms with Crippen LogP contribution in [0.5, 0.6) is 5.75 Å². The predicted octanol–water partition coefficient (Wildman–Crippen LogP) is 0.0893. The fourth-order valence-corrected chi connectivity index (χ4v) is 3.90. The highest BCUT2D eigenvalue weighted by Gasteiger charge is 2.28. The Kier molecular flexibility index (Phi) is 5.40. The molecular weight excluding hydrogens is 371 g/mol. The summed E-state index contributed by atoms with van der Waals surface area (Å²) < 4.78 is 32.9. The minimum absolute atomic E-state index is 0.0862. The van der Waals surface area contributed by atoms with E-state index in [0.29, 0.717) is 12.0 Å². The maximum absolute atomic E-state index is 12.7. The Labute approximate surface area is 157 Å². The quantitative estimate of drug-likeness (QED) is 0.518. The van der Waals surface area contributed by atoms with Crippen LogP contribution in [0.4, 0.5) is 5.69 Å². The second kappa shape index (κ2) is 7.59. The summed E-state index contributed by atoms with van der Waals surface area (Å²) >= 11 is 0. The summed E-state index contributed by atoms with van der Waals surface area (Å²) in [7, 11) is -5.03. The lowest BCUT2D eigenvalue weighted by Gasteiger charge is -2.12. The van der Waals surface area contributed by atoms with Crippen molar-refractivity contribution < 1.29 is 28.0 Å². The third-order valence-electron chi connectivity index (χ3n) is 4.15. The number of carbonyl (C=O) groups excluding carboxylic acids is 1. The summed E-state index contributed by atoms with van der Waals surface area (Å²) in [5, 5.41) is 22.3. The summed E-state index contributed by atoms with van der Waals surface area (Å²) in [6.45, 7) is 2.47. The first-order valence-corrected chi connectivity index (χ1v) is 9.82. The van der Waals surface area contributed by atoms with E-state index in [0.717, 1.165) is 5.56 Å².